The normalized spacial score (nSPS) is 11.6. The summed E-state index contributed by atoms with van der Waals surface area (Å²) in [6.45, 7) is 0. The van der Waals surface area contributed by atoms with Gasteiger partial charge in [0.05, 0.1) is 0 Å². The molecule has 1 aromatic heterocycles. The van der Waals surface area contributed by atoms with Crippen LogP contribution in [0.25, 0.3) is 87.2 Å². The number of hydrogen-bond acceptors (Lipinski definition) is 1. The van der Waals surface area contributed by atoms with Gasteiger partial charge >= 0.3 is 0 Å². The molecular formula is C43H27N. The molecule has 9 aromatic rings. The van der Waals surface area contributed by atoms with Gasteiger partial charge in [0.15, 0.2) is 0 Å². The highest BCUT2D eigenvalue weighted by molar-refractivity contribution is 6.21. The predicted octanol–water partition coefficient (Wildman–Crippen LogP) is 11.8. The van der Waals surface area contributed by atoms with E-state index < -0.39 is 0 Å². The van der Waals surface area contributed by atoms with Gasteiger partial charge in [-0.3, -0.25) is 4.98 Å². The van der Waals surface area contributed by atoms with Crippen molar-refractivity contribution in [2.45, 2.75) is 0 Å². The van der Waals surface area contributed by atoms with Gasteiger partial charge in [0, 0.05) is 12.4 Å². The third-order valence-corrected chi connectivity index (χ3v) is 9.13. The SMILES string of the molecule is c1ccc2cc3c(ccc4c(-c5ccc(-c6c7ccccc7c(-c7ccncc7)c7ccccc67)cc5)cccc43)cc2c1. The fourth-order valence-electron chi connectivity index (χ4n) is 7.12. The first-order valence-corrected chi connectivity index (χ1v) is 15.1. The zero-order chi connectivity index (χ0) is 29.0. The summed E-state index contributed by atoms with van der Waals surface area (Å²) in [5.41, 5.74) is 7.42. The molecule has 0 N–H and O–H groups in total. The van der Waals surface area contributed by atoms with Crippen molar-refractivity contribution in [3.63, 3.8) is 0 Å². The van der Waals surface area contributed by atoms with Gasteiger partial charge in [-0.05, 0) is 112 Å². The second kappa shape index (κ2) is 9.90. The minimum atomic E-state index is 1.19. The Kier molecular flexibility index (Phi) is 5.57. The van der Waals surface area contributed by atoms with Crippen LogP contribution in [-0.4, -0.2) is 4.98 Å². The van der Waals surface area contributed by atoms with Crippen molar-refractivity contribution < 1.29 is 0 Å². The molecule has 0 aliphatic rings. The molecule has 0 aliphatic carbocycles. The van der Waals surface area contributed by atoms with E-state index in [2.05, 4.69) is 157 Å². The Hall–Kier alpha value is -5.79. The molecule has 0 radical (unpaired) electrons. The van der Waals surface area contributed by atoms with Crippen LogP contribution in [0.4, 0.5) is 0 Å². The Labute approximate surface area is 255 Å². The molecule has 44 heavy (non-hydrogen) atoms. The Morgan fingerprint density at radius 3 is 1.45 bits per heavy atom. The smallest absolute Gasteiger partial charge is 0.0273 e. The first kappa shape index (κ1) is 24.8. The number of hydrogen-bond donors (Lipinski definition) is 0. The first-order chi connectivity index (χ1) is 21.8. The Balaban J connectivity index is 1.23. The zero-order valence-corrected chi connectivity index (χ0v) is 24.0. The Bertz CT molecular complexity index is 2470. The van der Waals surface area contributed by atoms with Gasteiger partial charge in [0.2, 0.25) is 0 Å². The molecule has 0 saturated carbocycles. The minimum Gasteiger partial charge on any atom is -0.265 e. The fourth-order valence-corrected chi connectivity index (χ4v) is 7.12. The van der Waals surface area contributed by atoms with Gasteiger partial charge in [-0.2, -0.15) is 0 Å². The third-order valence-electron chi connectivity index (χ3n) is 9.13. The molecule has 0 bridgehead atoms. The van der Waals surface area contributed by atoms with E-state index in [0.717, 1.165) is 0 Å². The summed E-state index contributed by atoms with van der Waals surface area (Å²) in [6, 6.07) is 55.5. The van der Waals surface area contributed by atoms with E-state index in [1.807, 2.05) is 12.4 Å². The van der Waals surface area contributed by atoms with Crippen LogP contribution in [0.15, 0.2) is 164 Å². The second-order valence-electron chi connectivity index (χ2n) is 11.5. The number of aromatic nitrogens is 1. The number of rotatable bonds is 3. The maximum atomic E-state index is 4.28. The van der Waals surface area contributed by atoms with Crippen LogP contribution in [0.2, 0.25) is 0 Å². The summed E-state index contributed by atoms with van der Waals surface area (Å²) in [5.74, 6) is 0. The highest BCUT2D eigenvalue weighted by Gasteiger charge is 2.16. The van der Waals surface area contributed by atoms with Crippen LogP contribution in [0.5, 0.6) is 0 Å². The quantitative estimate of drug-likeness (QED) is 0.155. The number of nitrogens with zero attached hydrogens (tertiary/aromatic N) is 1. The Morgan fingerprint density at radius 1 is 0.295 bits per heavy atom. The summed E-state index contributed by atoms with van der Waals surface area (Å²) < 4.78 is 0. The van der Waals surface area contributed by atoms with Crippen LogP contribution < -0.4 is 0 Å². The van der Waals surface area contributed by atoms with Crippen LogP contribution in [0.1, 0.15) is 0 Å². The molecule has 0 unspecified atom stereocenters. The first-order valence-electron chi connectivity index (χ1n) is 15.1. The van der Waals surface area contributed by atoms with E-state index in [0.29, 0.717) is 0 Å². The third kappa shape index (κ3) is 3.83. The minimum absolute atomic E-state index is 1.19. The molecule has 1 heterocycles. The zero-order valence-electron chi connectivity index (χ0n) is 24.0. The maximum absolute atomic E-state index is 4.28. The van der Waals surface area contributed by atoms with Gasteiger partial charge in [0.1, 0.15) is 0 Å². The molecule has 9 rings (SSSR count). The van der Waals surface area contributed by atoms with Gasteiger partial charge in [-0.25, -0.2) is 0 Å². The second-order valence-corrected chi connectivity index (χ2v) is 11.5. The van der Waals surface area contributed by atoms with Crippen molar-refractivity contribution >= 4 is 53.9 Å². The van der Waals surface area contributed by atoms with Crippen LogP contribution in [0, 0.1) is 0 Å². The van der Waals surface area contributed by atoms with Crippen LogP contribution >= 0.6 is 0 Å². The van der Waals surface area contributed by atoms with E-state index >= 15 is 0 Å². The summed E-state index contributed by atoms with van der Waals surface area (Å²) in [5, 5.41) is 12.7. The molecule has 1 heteroatoms. The average Bonchev–Trinajstić information content (AvgIpc) is 3.10. The van der Waals surface area contributed by atoms with Gasteiger partial charge < -0.3 is 0 Å². The van der Waals surface area contributed by atoms with Crippen LogP contribution in [0.3, 0.4) is 0 Å². The predicted molar refractivity (Wildman–Crippen MR) is 188 cm³/mol. The molecule has 204 valence electrons. The van der Waals surface area contributed by atoms with E-state index in [4.69, 9.17) is 0 Å². The number of pyridine rings is 1. The molecule has 0 fully saturated rings. The summed E-state index contributed by atoms with van der Waals surface area (Å²) in [4.78, 5) is 4.28. The lowest BCUT2D eigenvalue weighted by atomic mass is 9.86. The Morgan fingerprint density at radius 2 is 0.818 bits per heavy atom. The van der Waals surface area contributed by atoms with Crippen molar-refractivity contribution in [2.75, 3.05) is 0 Å². The van der Waals surface area contributed by atoms with E-state index in [1.54, 1.807) is 0 Å². The lowest BCUT2D eigenvalue weighted by Crippen LogP contribution is -1.91. The van der Waals surface area contributed by atoms with E-state index in [1.165, 1.54) is 87.2 Å². The van der Waals surface area contributed by atoms with Gasteiger partial charge in [-0.1, -0.05) is 127 Å². The standard InChI is InChI=1S/C43H27N/c1-2-9-32-27-41-33(26-31(32)8-1)20-21-36-34(14-7-15-35(36)41)28-16-18-29(19-17-28)42-37-10-3-5-12-39(37)43(30-22-24-44-25-23-30)40-13-6-4-11-38(40)42/h1-27H. The lowest BCUT2D eigenvalue weighted by molar-refractivity contribution is 1.33. The molecule has 0 amide bonds. The number of fused-ring (bicyclic) bond motifs is 6. The summed E-state index contributed by atoms with van der Waals surface area (Å²) in [6.07, 6.45) is 3.76. The van der Waals surface area contributed by atoms with Crippen molar-refractivity contribution in [3.05, 3.63) is 164 Å². The molecule has 1 nitrogen and oxygen atoms in total. The fraction of sp³-hybridized carbons (Fsp3) is 0. The highest BCUT2D eigenvalue weighted by Crippen LogP contribution is 2.44. The van der Waals surface area contributed by atoms with E-state index in [9.17, 15) is 0 Å². The van der Waals surface area contributed by atoms with Crippen molar-refractivity contribution in [1.29, 1.82) is 0 Å². The molecular weight excluding hydrogens is 530 g/mol. The molecule has 0 saturated heterocycles. The number of benzene rings is 8. The lowest BCUT2D eigenvalue weighted by Gasteiger charge is -2.18. The molecule has 0 aliphatic heterocycles. The van der Waals surface area contributed by atoms with Crippen LogP contribution in [-0.2, 0) is 0 Å². The molecule has 0 atom stereocenters. The van der Waals surface area contributed by atoms with Crippen molar-refractivity contribution in [1.82, 2.24) is 4.98 Å². The topological polar surface area (TPSA) is 12.9 Å². The maximum Gasteiger partial charge on any atom is 0.0273 e. The van der Waals surface area contributed by atoms with Crippen molar-refractivity contribution in [3.8, 4) is 33.4 Å². The highest BCUT2D eigenvalue weighted by atomic mass is 14.6. The summed E-state index contributed by atoms with van der Waals surface area (Å²) >= 11 is 0. The van der Waals surface area contributed by atoms with Crippen molar-refractivity contribution in [2.24, 2.45) is 0 Å². The molecule has 8 aromatic carbocycles. The largest absolute Gasteiger partial charge is 0.265 e. The van der Waals surface area contributed by atoms with Gasteiger partial charge in [-0.15, -0.1) is 0 Å². The average molecular weight is 558 g/mol. The van der Waals surface area contributed by atoms with Gasteiger partial charge in [0.25, 0.3) is 0 Å². The monoisotopic (exact) mass is 557 g/mol. The summed E-state index contributed by atoms with van der Waals surface area (Å²) in [7, 11) is 0. The molecule has 0 spiro atoms. The van der Waals surface area contributed by atoms with E-state index in [-0.39, 0.29) is 0 Å².